The summed E-state index contributed by atoms with van der Waals surface area (Å²) < 4.78 is 11.0. The molecule has 1 heterocycles. The summed E-state index contributed by atoms with van der Waals surface area (Å²) >= 11 is 0. The maximum absolute atomic E-state index is 5.65. The summed E-state index contributed by atoms with van der Waals surface area (Å²) in [6.07, 6.45) is 1.85. The molecule has 2 aromatic carbocycles. The zero-order valence-electron chi connectivity index (χ0n) is 15.1. The summed E-state index contributed by atoms with van der Waals surface area (Å²) in [5.41, 5.74) is 1.73. The molecule has 134 valence electrons. The largest absolute Gasteiger partial charge is 0.495 e. The van der Waals surface area contributed by atoms with Crippen LogP contribution in [0.1, 0.15) is 13.8 Å². The van der Waals surface area contributed by atoms with E-state index in [0.717, 1.165) is 22.9 Å². The Labute approximate surface area is 153 Å². The number of benzene rings is 2. The first-order chi connectivity index (χ1) is 12.6. The SMILES string of the molecule is COc1ccccc1Nc1nccc(Nc2ccc(OC(C)C)cc2)n1. The van der Waals surface area contributed by atoms with Gasteiger partial charge in [0, 0.05) is 11.9 Å². The molecule has 0 amide bonds. The van der Waals surface area contributed by atoms with Gasteiger partial charge in [-0.1, -0.05) is 12.1 Å². The smallest absolute Gasteiger partial charge is 0.229 e. The minimum Gasteiger partial charge on any atom is -0.495 e. The fourth-order valence-corrected chi connectivity index (χ4v) is 2.39. The molecule has 0 spiro atoms. The Hall–Kier alpha value is -3.28. The average Bonchev–Trinajstić information content (AvgIpc) is 2.64. The Balaban J connectivity index is 1.71. The van der Waals surface area contributed by atoms with E-state index in [1.807, 2.05) is 68.4 Å². The van der Waals surface area contributed by atoms with E-state index in [1.165, 1.54) is 0 Å². The van der Waals surface area contributed by atoms with Crippen LogP contribution in [0.5, 0.6) is 11.5 Å². The molecule has 0 aliphatic rings. The molecule has 0 aliphatic heterocycles. The van der Waals surface area contributed by atoms with Crippen molar-refractivity contribution in [2.75, 3.05) is 17.7 Å². The number of nitrogens with one attached hydrogen (secondary N) is 2. The van der Waals surface area contributed by atoms with Crippen molar-refractivity contribution < 1.29 is 9.47 Å². The Morgan fingerprint density at radius 2 is 1.69 bits per heavy atom. The Kier molecular flexibility index (Phi) is 5.53. The standard InChI is InChI=1S/C20H22N4O2/c1-14(2)26-16-10-8-15(9-11-16)22-19-12-13-21-20(24-19)23-17-6-4-5-7-18(17)25-3/h4-14H,1-3H3,(H2,21,22,23,24). The van der Waals surface area contributed by atoms with Gasteiger partial charge >= 0.3 is 0 Å². The summed E-state index contributed by atoms with van der Waals surface area (Å²) in [6.45, 7) is 4.01. The molecule has 6 nitrogen and oxygen atoms in total. The highest BCUT2D eigenvalue weighted by atomic mass is 16.5. The highest BCUT2D eigenvalue weighted by Crippen LogP contribution is 2.26. The highest BCUT2D eigenvalue weighted by molar-refractivity contribution is 5.64. The third kappa shape index (κ3) is 4.63. The van der Waals surface area contributed by atoms with Crippen molar-refractivity contribution in [1.82, 2.24) is 9.97 Å². The van der Waals surface area contributed by atoms with Crippen LogP contribution < -0.4 is 20.1 Å². The summed E-state index contributed by atoms with van der Waals surface area (Å²) in [6, 6.07) is 17.2. The summed E-state index contributed by atoms with van der Waals surface area (Å²) in [5.74, 6) is 2.75. The maximum Gasteiger partial charge on any atom is 0.229 e. The monoisotopic (exact) mass is 350 g/mol. The molecule has 0 fully saturated rings. The number of anilines is 4. The molecule has 0 unspecified atom stereocenters. The normalized spacial score (nSPS) is 10.5. The van der Waals surface area contributed by atoms with E-state index in [0.29, 0.717) is 11.8 Å². The molecule has 2 N–H and O–H groups in total. The first-order valence-corrected chi connectivity index (χ1v) is 8.41. The lowest BCUT2D eigenvalue weighted by Crippen LogP contribution is -2.05. The van der Waals surface area contributed by atoms with Gasteiger partial charge < -0.3 is 20.1 Å². The van der Waals surface area contributed by atoms with E-state index >= 15 is 0 Å². The molecule has 0 radical (unpaired) electrons. The third-order valence-corrected chi connectivity index (χ3v) is 3.51. The fourth-order valence-electron chi connectivity index (χ4n) is 2.39. The van der Waals surface area contributed by atoms with Crippen molar-refractivity contribution in [2.24, 2.45) is 0 Å². The average molecular weight is 350 g/mol. The second-order valence-corrected chi connectivity index (χ2v) is 5.91. The number of nitrogens with zero attached hydrogens (tertiary/aromatic N) is 2. The number of ether oxygens (including phenoxy) is 2. The first kappa shape index (κ1) is 17.5. The zero-order valence-corrected chi connectivity index (χ0v) is 15.1. The Morgan fingerprint density at radius 3 is 2.42 bits per heavy atom. The molecule has 0 bridgehead atoms. The molecule has 26 heavy (non-hydrogen) atoms. The Morgan fingerprint density at radius 1 is 0.923 bits per heavy atom. The van der Waals surface area contributed by atoms with Gasteiger partial charge in [-0.2, -0.15) is 4.98 Å². The molecule has 6 heteroatoms. The van der Waals surface area contributed by atoms with Gasteiger partial charge in [-0.15, -0.1) is 0 Å². The van der Waals surface area contributed by atoms with Gasteiger partial charge in [0.05, 0.1) is 18.9 Å². The number of methoxy groups -OCH3 is 1. The van der Waals surface area contributed by atoms with Crippen LogP contribution >= 0.6 is 0 Å². The first-order valence-electron chi connectivity index (χ1n) is 8.41. The number of para-hydroxylation sites is 2. The lowest BCUT2D eigenvalue weighted by atomic mass is 10.3. The van der Waals surface area contributed by atoms with Gasteiger partial charge in [-0.3, -0.25) is 0 Å². The molecule has 0 saturated carbocycles. The highest BCUT2D eigenvalue weighted by Gasteiger charge is 2.05. The zero-order chi connectivity index (χ0) is 18.4. The molecule has 1 aromatic heterocycles. The molecule has 3 rings (SSSR count). The van der Waals surface area contributed by atoms with Crippen molar-refractivity contribution in [2.45, 2.75) is 20.0 Å². The van der Waals surface area contributed by atoms with E-state index in [1.54, 1.807) is 13.3 Å². The van der Waals surface area contributed by atoms with Crippen LogP contribution in [0.25, 0.3) is 0 Å². The fraction of sp³-hybridized carbons (Fsp3) is 0.200. The molecular weight excluding hydrogens is 328 g/mol. The number of rotatable bonds is 7. The van der Waals surface area contributed by atoms with Crippen LogP contribution in [-0.4, -0.2) is 23.2 Å². The predicted octanol–water partition coefficient (Wildman–Crippen LogP) is 4.76. The van der Waals surface area contributed by atoms with E-state index in [-0.39, 0.29) is 6.10 Å². The molecule has 0 atom stereocenters. The van der Waals surface area contributed by atoms with Gasteiger partial charge in [0.2, 0.25) is 5.95 Å². The van der Waals surface area contributed by atoms with E-state index < -0.39 is 0 Å². The quantitative estimate of drug-likeness (QED) is 0.640. The van der Waals surface area contributed by atoms with Gasteiger partial charge in [-0.05, 0) is 56.3 Å². The summed E-state index contributed by atoms with van der Waals surface area (Å²) in [4.78, 5) is 8.75. The lowest BCUT2D eigenvalue weighted by molar-refractivity contribution is 0.242. The lowest BCUT2D eigenvalue weighted by Gasteiger charge is -2.12. The van der Waals surface area contributed by atoms with Crippen molar-refractivity contribution in [3.63, 3.8) is 0 Å². The maximum atomic E-state index is 5.65. The molecular formula is C20H22N4O2. The molecule has 0 aliphatic carbocycles. The number of hydrogen-bond donors (Lipinski definition) is 2. The second-order valence-electron chi connectivity index (χ2n) is 5.91. The van der Waals surface area contributed by atoms with Gasteiger partial charge in [0.25, 0.3) is 0 Å². The van der Waals surface area contributed by atoms with E-state index in [2.05, 4.69) is 20.6 Å². The summed E-state index contributed by atoms with van der Waals surface area (Å²) in [7, 11) is 1.63. The van der Waals surface area contributed by atoms with Crippen LogP contribution in [0.2, 0.25) is 0 Å². The second kappa shape index (κ2) is 8.20. The number of aromatic nitrogens is 2. The van der Waals surface area contributed by atoms with Crippen LogP contribution in [0, 0.1) is 0 Å². The molecule has 3 aromatic rings. The number of hydrogen-bond acceptors (Lipinski definition) is 6. The van der Waals surface area contributed by atoms with Crippen molar-refractivity contribution >= 4 is 23.1 Å². The van der Waals surface area contributed by atoms with Crippen molar-refractivity contribution in [3.8, 4) is 11.5 Å². The Bertz CT molecular complexity index is 850. The minimum absolute atomic E-state index is 0.152. The molecule has 0 saturated heterocycles. The van der Waals surface area contributed by atoms with Crippen LogP contribution in [-0.2, 0) is 0 Å². The van der Waals surface area contributed by atoms with Crippen LogP contribution in [0.15, 0.2) is 60.8 Å². The van der Waals surface area contributed by atoms with Gasteiger partial charge in [0.15, 0.2) is 0 Å². The predicted molar refractivity (Wildman–Crippen MR) is 104 cm³/mol. The van der Waals surface area contributed by atoms with E-state index in [9.17, 15) is 0 Å². The minimum atomic E-state index is 0.152. The van der Waals surface area contributed by atoms with Crippen molar-refractivity contribution in [1.29, 1.82) is 0 Å². The van der Waals surface area contributed by atoms with Crippen molar-refractivity contribution in [3.05, 3.63) is 60.8 Å². The van der Waals surface area contributed by atoms with Crippen LogP contribution in [0.4, 0.5) is 23.1 Å². The van der Waals surface area contributed by atoms with Crippen LogP contribution in [0.3, 0.4) is 0 Å². The van der Waals surface area contributed by atoms with Gasteiger partial charge in [0.1, 0.15) is 17.3 Å². The summed E-state index contributed by atoms with van der Waals surface area (Å²) in [5, 5.41) is 6.43. The topological polar surface area (TPSA) is 68.3 Å². The third-order valence-electron chi connectivity index (χ3n) is 3.51. The van der Waals surface area contributed by atoms with E-state index in [4.69, 9.17) is 9.47 Å². The van der Waals surface area contributed by atoms with Gasteiger partial charge in [-0.25, -0.2) is 4.98 Å².